The molecule has 0 saturated carbocycles. The second-order valence-electron chi connectivity index (χ2n) is 8.24. The van der Waals surface area contributed by atoms with E-state index in [2.05, 4.69) is 14.6 Å². The molecule has 1 aliphatic rings. The summed E-state index contributed by atoms with van der Waals surface area (Å²) in [4.78, 5) is 18.2. The summed E-state index contributed by atoms with van der Waals surface area (Å²) in [7, 11) is 0. The van der Waals surface area contributed by atoms with Gasteiger partial charge in [0.25, 0.3) is 0 Å². The minimum Gasteiger partial charge on any atom is -0.413 e. The van der Waals surface area contributed by atoms with Crippen molar-refractivity contribution in [1.82, 2.24) is 20.0 Å². The lowest BCUT2D eigenvalue weighted by Crippen LogP contribution is -2.53. The maximum atomic E-state index is 15.1. The van der Waals surface area contributed by atoms with E-state index in [1.54, 1.807) is 4.90 Å². The second kappa shape index (κ2) is 11.0. The third-order valence-electron chi connectivity index (χ3n) is 5.80. The van der Waals surface area contributed by atoms with Crippen LogP contribution in [0.5, 0.6) is 0 Å². The number of piperazine rings is 1. The highest BCUT2D eigenvalue weighted by Crippen LogP contribution is 2.31. The average Bonchev–Trinajstić information content (AvgIpc) is 3.37. The number of aromatic nitrogens is 2. The van der Waals surface area contributed by atoms with Crippen LogP contribution in [0.3, 0.4) is 0 Å². The first-order valence-corrected chi connectivity index (χ1v) is 11.5. The minimum atomic E-state index is -4.84. The number of benzene rings is 2. The minimum absolute atomic E-state index is 0.00940. The van der Waals surface area contributed by atoms with E-state index in [0.29, 0.717) is 32.7 Å². The molecule has 2 heterocycles. The van der Waals surface area contributed by atoms with Crippen molar-refractivity contribution in [3.8, 4) is 11.5 Å². The second-order valence-corrected chi connectivity index (χ2v) is 8.64. The van der Waals surface area contributed by atoms with Crippen LogP contribution in [0.1, 0.15) is 11.5 Å². The zero-order valence-electron chi connectivity index (χ0n) is 19.2. The van der Waals surface area contributed by atoms with Crippen molar-refractivity contribution in [2.24, 2.45) is 0 Å². The Bertz CT molecular complexity index is 1260. The molecule has 0 bridgehead atoms. The number of carbonyl (C=O) groups is 1. The number of halogens is 6. The van der Waals surface area contributed by atoms with Gasteiger partial charge in [0, 0.05) is 49.5 Å². The Morgan fingerprint density at radius 2 is 1.78 bits per heavy atom. The van der Waals surface area contributed by atoms with Gasteiger partial charge in [0.05, 0.1) is 18.2 Å². The lowest BCUT2D eigenvalue weighted by molar-refractivity contribution is -0.156. The zero-order valence-corrected chi connectivity index (χ0v) is 19.9. The molecule has 1 aromatic heterocycles. The van der Waals surface area contributed by atoms with Crippen molar-refractivity contribution < 1.29 is 36.3 Å². The molecule has 1 saturated heterocycles. The maximum absolute atomic E-state index is 15.1. The number of aliphatic hydroxyl groups excluding tert-OH is 1. The SMILES string of the molecule is O=C(N1CCN(CCO)CC1)N(Cc1ccc(-c2nnc(C(F)(F)F)o2)cc1F)c1ccc(F)c(Cl)c1. The molecule has 2 amide bonds. The molecule has 0 atom stereocenters. The summed E-state index contributed by atoms with van der Waals surface area (Å²) in [6.07, 6.45) is -4.84. The lowest BCUT2D eigenvalue weighted by atomic mass is 10.1. The van der Waals surface area contributed by atoms with E-state index in [1.807, 2.05) is 4.90 Å². The van der Waals surface area contributed by atoms with Gasteiger partial charge in [-0.1, -0.05) is 17.7 Å². The number of hydrogen-bond acceptors (Lipinski definition) is 6. The highest BCUT2D eigenvalue weighted by atomic mass is 35.5. The van der Waals surface area contributed by atoms with Crippen LogP contribution in [-0.4, -0.2) is 70.5 Å². The number of alkyl halides is 3. The van der Waals surface area contributed by atoms with E-state index in [-0.39, 0.29) is 35.0 Å². The van der Waals surface area contributed by atoms with E-state index in [0.717, 1.165) is 12.1 Å². The van der Waals surface area contributed by atoms with Gasteiger partial charge in [-0.2, -0.15) is 13.2 Å². The van der Waals surface area contributed by atoms with Crippen molar-refractivity contribution >= 4 is 23.3 Å². The maximum Gasteiger partial charge on any atom is 0.470 e. The fourth-order valence-electron chi connectivity index (χ4n) is 3.83. The smallest absolute Gasteiger partial charge is 0.413 e. The van der Waals surface area contributed by atoms with Crippen molar-refractivity contribution in [1.29, 1.82) is 0 Å². The zero-order chi connectivity index (χ0) is 26.7. The first-order valence-electron chi connectivity index (χ1n) is 11.1. The van der Waals surface area contributed by atoms with Gasteiger partial charge in [-0.3, -0.25) is 9.80 Å². The van der Waals surface area contributed by atoms with E-state index in [1.165, 1.54) is 29.2 Å². The topological polar surface area (TPSA) is 85.9 Å². The summed E-state index contributed by atoms with van der Waals surface area (Å²) in [5.41, 5.74) is 0.184. The first kappa shape index (κ1) is 26.8. The normalized spacial score (nSPS) is 14.7. The Morgan fingerprint density at radius 1 is 1.05 bits per heavy atom. The molecular weight excluding hydrogens is 525 g/mol. The van der Waals surface area contributed by atoms with Gasteiger partial charge < -0.3 is 14.4 Å². The van der Waals surface area contributed by atoms with Crippen LogP contribution >= 0.6 is 11.6 Å². The number of nitrogens with zero attached hydrogens (tertiary/aromatic N) is 5. The number of anilines is 1. The van der Waals surface area contributed by atoms with Crippen LogP contribution in [0.15, 0.2) is 40.8 Å². The molecule has 0 unspecified atom stereocenters. The van der Waals surface area contributed by atoms with E-state index >= 15 is 4.39 Å². The molecule has 1 aliphatic heterocycles. The number of urea groups is 1. The molecule has 1 N–H and O–H groups in total. The van der Waals surface area contributed by atoms with Gasteiger partial charge in [-0.05, 0) is 30.3 Å². The van der Waals surface area contributed by atoms with E-state index in [4.69, 9.17) is 16.7 Å². The van der Waals surface area contributed by atoms with Gasteiger partial charge in [0.15, 0.2) is 0 Å². The molecule has 3 aromatic rings. The standard InChI is InChI=1S/C23H21ClF5N5O3/c24-17-12-16(3-4-18(17)25)34(22(36)33-7-5-32(6-8-33)9-10-35)13-15-2-1-14(11-19(15)26)20-30-31-21(37-20)23(27,28)29/h1-4,11-12,35H,5-10,13H2. The number of amides is 2. The summed E-state index contributed by atoms with van der Waals surface area (Å²) >= 11 is 5.92. The quantitative estimate of drug-likeness (QED) is 0.462. The van der Waals surface area contributed by atoms with E-state index in [9.17, 15) is 22.4 Å². The molecule has 1 fully saturated rings. The number of β-amino-alcohol motifs (C(OH)–C–C–N with tert-alkyl or cyclic N) is 1. The molecule has 198 valence electrons. The van der Waals surface area contributed by atoms with Crippen molar-refractivity contribution in [3.05, 3.63) is 64.5 Å². The fraction of sp³-hybridized carbons (Fsp3) is 0.348. The Morgan fingerprint density at radius 3 is 2.38 bits per heavy atom. The van der Waals surface area contributed by atoms with Crippen LogP contribution in [0.25, 0.3) is 11.5 Å². The van der Waals surface area contributed by atoms with E-state index < -0.39 is 35.6 Å². The summed E-state index contributed by atoms with van der Waals surface area (Å²) in [5, 5.41) is 15.1. The summed E-state index contributed by atoms with van der Waals surface area (Å²) in [5.74, 6) is -3.60. The van der Waals surface area contributed by atoms with Gasteiger partial charge >= 0.3 is 18.1 Å². The highest BCUT2D eigenvalue weighted by Gasteiger charge is 2.38. The predicted octanol–water partition coefficient (Wildman–Crippen LogP) is 4.42. The van der Waals surface area contributed by atoms with Crippen LogP contribution < -0.4 is 4.90 Å². The third-order valence-corrected chi connectivity index (χ3v) is 6.09. The van der Waals surface area contributed by atoms with Gasteiger partial charge in [0.1, 0.15) is 11.6 Å². The third kappa shape index (κ3) is 6.17. The molecule has 2 aromatic carbocycles. The Hall–Kier alpha value is -3.29. The van der Waals surface area contributed by atoms with Crippen LogP contribution in [0, 0.1) is 11.6 Å². The van der Waals surface area contributed by atoms with Crippen LogP contribution in [-0.2, 0) is 12.7 Å². The van der Waals surface area contributed by atoms with Crippen LogP contribution in [0.2, 0.25) is 5.02 Å². The molecule has 0 spiro atoms. The molecule has 14 heteroatoms. The molecule has 0 aliphatic carbocycles. The number of aliphatic hydroxyl groups is 1. The van der Waals surface area contributed by atoms with Crippen molar-refractivity contribution in [2.45, 2.75) is 12.7 Å². The molecule has 4 rings (SSSR count). The molecular formula is C23H21ClF5N5O3. The highest BCUT2D eigenvalue weighted by molar-refractivity contribution is 6.31. The molecule has 0 radical (unpaired) electrons. The Kier molecular flexibility index (Phi) is 7.95. The first-order chi connectivity index (χ1) is 17.6. The Balaban J connectivity index is 1.59. The Labute approximate surface area is 212 Å². The number of rotatable bonds is 6. The average molecular weight is 546 g/mol. The predicted molar refractivity (Wildman–Crippen MR) is 123 cm³/mol. The lowest BCUT2D eigenvalue weighted by Gasteiger charge is -2.37. The molecule has 8 nitrogen and oxygen atoms in total. The van der Waals surface area contributed by atoms with Gasteiger partial charge in [0.2, 0.25) is 5.89 Å². The summed E-state index contributed by atoms with van der Waals surface area (Å²) in [6.45, 7) is 1.94. The molecule has 37 heavy (non-hydrogen) atoms. The van der Waals surface area contributed by atoms with Crippen molar-refractivity contribution in [2.75, 3.05) is 44.2 Å². The number of carbonyl (C=O) groups excluding carboxylic acids is 1. The van der Waals surface area contributed by atoms with Crippen LogP contribution in [0.4, 0.5) is 32.4 Å². The summed E-state index contributed by atoms with van der Waals surface area (Å²) in [6, 6.07) is 6.71. The fourth-order valence-corrected chi connectivity index (χ4v) is 4.01. The van der Waals surface area contributed by atoms with Gasteiger partial charge in [-0.25, -0.2) is 13.6 Å². The number of hydrogen-bond donors (Lipinski definition) is 1. The van der Waals surface area contributed by atoms with Crippen molar-refractivity contribution in [3.63, 3.8) is 0 Å². The largest absolute Gasteiger partial charge is 0.470 e. The monoisotopic (exact) mass is 545 g/mol. The van der Waals surface area contributed by atoms with Gasteiger partial charge in [-0.15, -0.1) is 10.2 Å². The summed E-state index contributed by atoms with van der Waals surface area (Å²) < 4.78 is 71.7.